The number of para-hydroxylation sites is 1. The van der Waals surface area contributed by atoms with E-state index >= 15 is 0 Å². The van der Waals surface area contributed by atoms with Gasteiger partial charge in [-0.05, 0) is 18.9 Å². The minimum atomic E-state index is 0.490. The van der Waals surface area contributed by atoms with Crippen molar-refractivity contribution < 1.29 is 5.11 Å². The van der Waals surface area contributed by atoms with E-state index in [4.69, 9.17) is 0 Å². The molecule has 0 unspecified atom stereocenters. The summed E-state index contributed by atoms with van der Waals surface area (Å²) >= 11 is 0. The molecule has 16 heavy (non-hydrogen) atoms. The third-order valence-corrected chi connectivity index (χ3v) is 3.02. The summed E-state index contributed by atoms with van der Waals surface area (Å²) in [4.78, 5) is 8.53. The topological polar surface area (TPSA) is 46.0 Å². The molecule has 0 bridgehead atoms. The Morgan fingerprint density at radius 1 is 1.06 bits per heavy atom. The Balaban J connectivity index is 2.28. The fourth-order valence-corrected chi connectivity index (χ4v) is 2.23. The first kappa shape index (κ1) is 9.33. The van der Waals surface area contributed by atoms with Crippen molar-refractivity contribution in [2.75, 3.05) is 0 Å². The molecule has 0 spiro atoms. The molecule has 0 atom stereocenters. The Labute approximate surface area is 93.5 Å². The summed E-state index contributed by atoms with van der Waals surface area (Å²) in [7, 11) is 0. The van der Waals surface area contributed by atoms with Gasteiger partial charge in [-0.25, -0.2) is 9.97 Å². The number of aromatic nitrogens is 2. The van der Waals surface area contributed by atoms with E-state index in [0.717, 1.165) is 41.4 Å². The van der Waals surface area contributed by atoms with Crippen molar-refractivity contribution in [2.45, 2.75) is 19.3 Å². The summed E-state index contributed by atoms with van der Waals surface area (Å²) < 4.78 is 0. The average Bonchev–Trinajstić information content (AvgIpc) is 2.75. The first-order chi connectivity index (χ1) is 7.86. The van der Waals surface area contributed by atoms with E-state index in [1.807, 2.05) is 24.3 Å². The Bertz CT molecular complexity index is 570. The number of aliphatic hydroxyl groups excluding tert-OH is 1. The number of fused-ring (bicyclic) bond motifs is 1. The zero-order valence-corrected chi connectivity index (χ0v) is 8.85. The van der Waals surface area contributed by atoms with Gasteiger partial charge in [0.15, 0.2) is 0 Å². The molecule has 0 fully saturated rings. The van der Waals surface area contributed by atoms with Gasteiger partial charge in [0.25, 0.3) is 0 Å². The molecule has 1 heterocycles. The van der Waals surface area contributed by atoms with Crippen LogP contribution in [0.2, 0.25) is 0 Å². The summed E-state index contributed by atoms with van der Waals surface area (Å²) in [6.45, 7) is 0. The van der Waals surface area contributed by atoms with Gasteiger partial charge in [0.1, 0.15) is 6.33 Å². The molecule has 0 saturated heterocycles. The van der Waals surface area contributed by atoms with Gasteiger partial charge >= 0.3 is 0 Å². The highest BCUT2D eigenvalue weighted by molar-refractivity contribution is 5.90. The van der Waals surface area contributed by atoms with Crippen LogP contribution in [0.5, 0.6) is 0 Å². The minimum Gasteiger partial charge on any atom is -0.512 e. The van der Waals surface area contributed by atoms with Crippen LogP contribution in [0.15, 0.2) is 36.4 Å². The molecule has 1 aliphatic rings. The first-order valence-corrected chi connectivity index (χ1v) is 5.47. The van der Waals surface area contributed by atoms with Crippen LogP contribution in [0.3, 0.4) is 0 Å². The third-order valence-electron chi connectivity index (χ3n) is 3.02. The Morgan fingerprint density at radius 3 is 2.75 bits per heavy atom. The molecule has 3 nitrogen and oxygen atoms in total. The second kappa shape index (κ2) is 3.59. The first-order valence-electron chi connectivity index (χ1n) is 5.47. The monoisotopic (exact) mass is 212 g/mol. The van der Waals surface area contributed by atoms with E-state index in [9.17, 15) is 5.11 Å². The molecule has 0 amide bonds. The van der Waals surface area contributed by atoms with Crippen molar-refractivity contribution in [3.8, 4) is 0 Å². The van der Waals surface area contributed by atoms with Crippen molar-refractivity contribution in [2.24, 2.45) is 0 Å². The second-order valence-electron chi connectivity index (χ2n) is 4.02. The fraction of sp³-hybridized carbons (Fsp3) is 0.231. The summed E-state index contributed by atoms with van der Waals surface area (Å²) in [5.74, 6) is 0.490. The van der Waals surface area contributed by atoms with E-state index < -0.39 is 0 Å². The van der Waals surface area contributed by atoms with E-state index in [2.05, 4.69) is 9.97 Å². The Hall–Kier alpha value is -1.90. The Morgan fingerprint density at radius 2 is 1.94 bits per heavy atom. The highest BCUT2D eigenvalue weighted by Gasteiger charge is 2.18. The van der Waals surface area contributed by atoms with Gasteiger partial charge in [-0.3, -0.25) is 0 Å². The zero-order valence-electron chi connectivity index (χ0n) is 8.85. The van der Waals surface area contributed by atoms with Gasteiger partial charge in [0, 0.05) is 17.4 Å². The maximum Gasteiger partial charge on any atom is 0.116 e. The quantitative estimate of drug-likeness (QED) is 0.790. The van der Waals surface area contributed by atoms with Gasteiger partial charge in [-0.2, -0.15) is 0 Å². The minimum absolute atomic E-state index is 0.490. The smallest absolute Gasteiger partial charge is 0.116 e. The predicted molar refractivity (Wildman–Crippen MR) is 62.9 cm³/mol. The van der Waals surface area contributed by atoms with E-state index in [0.29, 0.717) is 5.76 Å². The maximum absolute atomic E-state index is 9.82. The molecule has 80 valence electrons. The lowest BCUT2D eigenvalue weighted by Gasteiger charge is -2.05. The fourth-order valence-electron chi connectivity index (χ4n) is 2.23. The van der Waals surface area contributed by atoms with E-state index in [1.165, 1.54) is 0 Å². The summed E-state index contributed by atoms with van der Waals surface area (Å²) in [6, 6.07) is 7.90. The van der Waals surface area contributed by atoms with Crippen molar-refractivity contribution in [1.82, 2.24) is 9.97 Å². The van der Waals surface area contributed by atoms with Gasteiger partial charge in [0.05, 0.1) is 17.0 Å². The van der Waals surface area contributed by atoms with E-state index in [1.54, 1.807) is 6.33 Å². The number of hydrogen-bond acceptors (Lipinski definition) is 3. The number of rotatable bonds is 1. The molecule has 1 aliphatic carbocycles. The molecular formula is C13H12N2O. The third kappa shape index (κ3) is 1.36. The molecule has 3 heteroatoms. The Kier molecular flexibility index (Phi) is 2.10. The maximum atomic E-state index is 9.82. The van der Waals surface area contributed by atoms with Crippen molar-refractivity contribution in [3.63, 3.8) is 0 Å². The number of nitrogens with zero attached hydrogens (tertiary/aromatic N) is 2. The molecule has 2 aromatic rings. The highest BCUT2D eigenvalue weighted by Crippen LogP contribution is 2.33. The van der Waals surface area contributed by atoms with Crippen LogP contribution in [0, 0.1) is 0 Å². The van der Waals surface area contributed by atoms with Crippen molar-refractivity contribution in [3.05, 3.63) is 42.0 Å². The normalized spacial score (nSPS) is 16.0. The van der Waals surface area contributed by atoms with Crippen LogP contribution < -0.4 is 0 Å². The molecule has 1 aromatic heterocycles. The molecular weight excluding hydrogens is 200 g/mol. The number of aliphatic hydroxyl groups is 1. The predicted octanol–water partition coefficient (Wildman–Crippen LogP) is 3.08. The molecule has 1 N–H and O–H groups in total. The van der Waals surface area contributed by atoms with Gasteiger partial charge < -0.3 is 5.11 Å². The SMILES string of the molecule is OC1=C(c2ncnc3ccccc23)CCC1. The van der Waals surface area contributed by atoms with Crippen LogP contribution in [-0.4, -0.2) is 15.1 Å². The number of benzene rings is 1. The van der Waals surface area contributed by atoms with Crippen LogP contribution in [-0.2, 0) is 0 Å². The van der Waals surface area contributed by atoms with Crippen LogP contribution in [0.1, 0.15) is 25.0 Å². The van der Waals surface area contributed by atoms with Crippen molar-refractivity contribution >= 4 is 16.5 Å². The molecule has 1 aromatic carbocycles. The number of hydrogen-bond donors (Lipinski definition) is 1. The lowest BCUT2D eigenvalue weighted by Crippen LogP contribution is -1.93. The lowest BCUT2D eigenvalue weighted by molar-refractivity contribution is 0.399. The lowest BCUT2D eigenvalue weighted by atomic mass is 10.1. The molecule has 0 radical (unpaired) electrons. The summed E-state index contributed by atoms with van der Waals surface area (Å²) in [5.41, 5.74) is 2.80. The van der Waals surface area contributed by atoms with Gasteiger partial charge in [0.2, 0.25) is 0 Å². The van der Waals surface area contributed by atoms with Crippen molar-refractivity contribution in [1.29, 1.82) is 0 Å². The van der Waals surface area contributed by atoms with Gasteiger partial charge in [-0.15, -0.1) is 0 Å². The largest absolute Gasteiger partial charge is 0.512 e. The highest BCUT2D eigenvalue weighted by atomic mass is 16.3. The van der Waals surface area contributed by atoms with Crippen LogP contribution in [0.25, 0.3) is 16.5 Å². The van der Waals surface area contributed by atoms with Gasteiger partial charge in [-0.1, -0.05) is 18.2 Å². The summed E-state index contributed by atoms with van der Waals surface area (Å²) in [6.07, 6.45) is 4.26. The molecule has 0 aliphatic heterocycles. The van der Waals surface area contributed by atoms with Crippen LogP contribution >= 0.6 is 0 Å². The second-order valence-corrected chi connectivity index (χ2v) is 4.02. The standard InChI is InChI=1S/C13H12N2O/c16-12-7-3-5-10(12)13-9-4-1-2-6-11(9)14-8-15-13/h1-2,4,6,8,16H,3,5,7H2. The number of allylic oxidation sites excluding steroid dienone is 2. The zero-order chi connectivity index (χ0) is 11.0. The average molecular weight is 212 g/mol. The molecule has 3 rings (SSSR count). The van der Waals surface area contributed by atoms with E-state index in [-0.39, 0.29) is 0 Å². The summed E-state index contributed by atoms with van der Waals surface area (Å²) in [5, 5.41) is 10.8. The molecule has 0 saturated carbocycles. The van der Waals surface area contributed by atoms with Crippen LogP contribution in [0.4, 0.5) is 0 Å².